The van der Waals surface area contributed by atoms with Gasteiger partial charge in [-0.3, -0.25) is 9.78 Å². The van der Waals surface area contributed by atoms with E-state index in [9.17, 15) is 4.79 Å². The summed E-state index contributed by atoms with van der Waals surface area (Å²) < 4.78 is 5.13. The van der Waals surface area contributed by atoms with E-state index in [2.05, 4.69) is 15.0 Å². The number of pyridine rings is 1. The van der Waals surface area contributed by atoms with E-state index in [0.29, 0.717) is 17.0 Å². The minimum atomic E-state index is -0.113. The van der Waals surface area contributed by atoms with Crippen molar-refractivity contribution in [2.45, 2.75) is 19.8 Å². The number of H-pyrrole nitrogens is 1. The van der Waals surface area contributed by atoms with Gasteiger partial charge in [0.25, 0.3) is 5.56 Å². The van der Waals surface area contributed by atoms with Crippen molar-refractivity contribution >= 4 is 0 Å². The van der Waals surface area contributed by atoms with Crippen molar-refractivity contribution in [3.63, 3.8) is 0 Å². The third-order valence-corrected chi connectivity index (χ3v) is 2.69. The first-order valence-electron chi connectivity index (χ1n) is 5.70. The summed E-state index contributed by atoms with van der Waals surface area (Å²) in [7, 11) is 1.58. The molecule has 0 spiro atoms. The van der Waals surface area contributed by atoms with Gasteiger partial charge in [0.15, 0.2) is 0 Å². The number of hydrogen-bond donors (Lipinski definition) is 1. The average molecular weight is 245 g/mol. The smallest absolute Gasteiger partial charge is 0.254 e. The molecule has 94 valence electrons. The van der Waals surface area contributed by atoms with E-state index in [1.165, 1.54) is 6.33 Å². The Kier molecular flexibility index (Phi) is 3.41. The van der Waals surface area contributed by atoms with Crippen LogP contribution >= 0.6 is 0 Å². The number of nitrogens with one attached hydrogen (secondary N) is 1. The van der Waals surface area contributed by atoms with Crippen LogP contribution in [0.5, 0.6) is 5.75 Å². The van der Waals surface area contributed by atoms with Gasteiger partial charge in [-0.25, -0.2) is 4.98 Å². The van der Waals surface area contributed by atoms with Crippen LogP contribution in [0.25, 0.3) is 11.3 Å². The van der Waals surface area contributed by atoms with Crippen molar-refractivity contribution in [3.05, 3.63) is 40.7 Å². The second-order valence-electron chi connectivity index (χ2n) is 4.26. The molecule has 0 atom stereocenters. The van der Waals surface area contributed by atoms with Crippen LogP contribution in [-0.4, -0.2) is 22.1 Å². The Hall–Kier alpha value is -2.17. The maximum Gasteiger partial charge on any atom is 0.254 e. The van der Waals surface area contributed by atoms with Gasteiger partial charge in [-0.1, -0.05) is 13.8 Å². The zero-order chi connectivity index (χ0) is 13.1. The zero-order valence-electron chi connectivity index (χ0n) is 10.6. The van der Waals surface area contributed by atoms with Gasteiger partial charge in [-0.05, 0) is 12.0 Å². The van der Waals surface area contributed by atoms with Crippen LogP contribution in [0.1, 0.15) is 25.3 Å². The summed E-state index contributed by atoms with van der Waals surface area (Å²) in [6.07, 6.45) is 4.70. The number of hydrogen-bond acceptors (Lipinski definition) is 4. The predicted octanol–water partition coefficient (Wildman–Crippen LogP) is 1.96. The summed E-state index contributed by atoms with van der Waals surface area (Å²) in [4.78, 5) is 22.8. The van der Waals surface area contributed by atoms with Crippen molar-refractivity contribution in [2.24, 2.45) is 0 Å². The Morgan fingerprint density at radius 3 is 2.78 bits per heavy atom. The lowest BCUT2D eigenvalue weighted by Crippen LogP contribution is -2.16. The van der Waals surface area contributed by atoms with E-state index in [4.69, 9.17) is 4.74 Å². The van der Waals surface area contributed by atoms with Crippen LogP contribution < -0.4 is 10.3 Å². The highest BCUT2D eigenvalue weighted by Gasteiger charge is 2.14. The number of methoxy groups -OCH3 is 1. The molecule has 2 aromatic heterocycles. The maximum absolute atomic E-state index is 11.9. The van der Waals surface area contributed by atoms with Crippen LogP contribution in [0.15, 0.2) is 29.6 Å². The number of ether oxygens (including phenoxy) is 1. The minimum absolute atomic E-state index is 0.0867. The molecule has 0 bridgehead atoms. The third kappa shape index (κ3) is 2.25. The number of aromatic nitrogens is 3. The summed E-state index contributed by atoms with van der Waals surface area (Å²) in [5.41, 5.74) is 1.98. The van der Waals surface area contributed by atoms with E-state index in [1.807, 2.05) is 19.9 Å². The second-order valence-corrected chi connectivity index (χ2v) is 4.26. The normalized spacial score (nSPS) is 10.7. The lowest BCUT2D eigenvalue weighted by atomic mass is 9.99. The molecular weight excluding hydrogens is 230 g/mol. The van der Waals surface area contributed by atoms with Crippen LogP contribution in [0, 0.1) is 0 Å². The van der Waals surface area contributed by atoms with Gasteiger partial charge in [0.1, 0.15) is 5.75 Å². The Bertz CT molecular complexity index is 605. The first kappa shape index (κ1) is 12.3. The van der Waals surface area contributed by atoms with Gasteiger partial charge < -0.3 is 9.72 Å². The molecule has 0 saturated heterocycles. The van der Waals surface area contributed by atoms with E-state index in [-0.39, 0.29) is 11.5 Å². The zero-order valence-corrected chi connectivity index (χ0v) is 10.6. The molecule has 0 saturated carbocycles. The quantitative estimate of drug-likeness (QED) is 0.897. The molecule has 0 aliphatic carbocycles. The second kappa shape index (κ2) is 5.00. The first-order chi connectivity index (χ1) is 8.63. The topological polar surface area (TPSA) is 67.9 Å². The first-order valence-corrected chi connectivity index (χ1v) is 5.70. The summed E-state index contributed by atoms with van der Waals surface area (Å²) in [5, 5.41) is 0. The predicted molar refractivity (Wildman–Crippen MR) is 68.7 cm³/mol. The lowest BCUT2D eigenvalue weighted by Gasteiger charge is -2.10. The molecule has 18 heavy (non-hydrogen) atoms. The van der Waals surface area contributed by atoms with E-state index < -0.39 is 0 Å². The number of aromatic amines is 1. The summed E-state index contributed by atoms with van der Waals surface area (Å²) in [5.74, 6) is 0.730. The maximum atomic E-state index is 11.9. The van der Waals surface area contributed by atoms with Crippen molar-refractivity contribution < 1.29 is 4.74 Å². The molecule has 0 unspecified atom stereocenters. The fourth-order valence-electron chi connectivity index (χ4n) is 1.84. The highest BCUT2D eigenvalue weighted by Crippen LogP contribution is 2.25. The van der Waals surface area contributed by atoms with Crippen LogP contribution in [0.3, 0.4) is 0 Å². The lowest BCUT2D eigenvalue weighted by molar-refractivity contribution is 0.413. The van der Waals surface area contributed by atoms with Gasteiger partial charge in [0.2, 0.25) is 0 Å². The Labute approximate surface area is 105 Å². The molecular formula is C13H15N3O2. The highest BCUT2D eigenvalue weighted by atomic mass is 16.5. The van der Waals surface area contributed by atoms with Crippen molar-refractivity contribution in [1.82, 2.24) is 15.0 Å². The molecule has 0 aromatic carbocycles. The van der Waals surface area contributed by atoms with Gasteiger partial charge in [0, 0.05) is 17.3 Å². The molecule has 0 fully saturated rings. The van der Waals surface area contributed by atoms with Gasteiger partial charge in [-0.15, -0.1) is 0 Å². The van der Waals surface area contributed by atoms with Crippen LogP contribution in [0.4, 0.5) is 0 Å². The molecule has 5 nitrogen and oxygen atoms in total. The minimum Gasteiger partial charge on any atom is -0.495 e. The van der Waals surface area contributed by atoms with Gasteiger partial charge in [0.05, 0.1) is 25.3 Å². The number of rotatable bonds is 3. The third-order valence-electron chi connectivity index (χ3n) is 2.69. The number of nitrogens with zero attached hydrogens (tertiary/aromatic N) is 2. The summed E-state index contributed by atoms with van der Waals surface area (Å²) in [6.45, 7) is 3.92. The van der Waals surface area contributed by atoms with Crippen LogP contribution in [0.2, 0.25) is 0 Å². The van der Waals surface area contributed by atoms with Gasteiger partial charge >= 0.3 is 0 Å². The van der Waals surface area contributed by atoms with E-state index in [0.717, 1.165) is 5.56 Å². The Morgan fingerprint density at radius 2 is 2.11 bits per heavy atom. The Balaban J connectivity index is 2.63. The summed E-state index contributed by atoms with van der Waals surface area (Å²) >= 11 is 0. The van der Waals surface area contributed by atoms with E-state index in [1.54, 1.807) is 19.5 Å². The van der Waals surface area contributed by atoms with Gasteiger partial charge in [-0.2, -0.15) is 0 Å². The molecule has 5 heteroatoms. The molecule has 0 aliphatic rings. The van der Waals surface area contributed by atoms with E-state index >= 15 is 0 Å². The standard InChI is InChI=1S/C13H15N3O2/c1-8(2)11-12(15-7-16-13(11)17)9-4-10(18-3)6-14-5-9/h4-8H,1-3H3,(H,15,16,17). The van der Waals surface area contributed by atoms with Crippen molar-refractivity contribution in [1.29, 1.82) is 0 Å². The fraction of sp³-hybridized carbons (Fsp3) is 0.308. The molecule has 0 amide bonds. The molecule has 0 aliphatic heterocycles. The molecule has 2 rings (SSSR count). The summed E-state index contributed by atoms with van der Waals surface area (Å²) in [6, 6.07) is 1.82. The van der Waals surface area contributed by atoms with Crippen LogP contribution in [-0.2, 0) is 0 Å². The Morgan fingerprint density at radius 1 is 1.33 bits per heavy atom. The highest BCUT2D eigenvalue weighted by molar-refractivity contribution is 5.63. The molecule has 1 N–H and O–H groups in total. The molecule has 0 radical (unpaired) electrons. The van der Waals surface area contributed by atoms with Crippen molar-refractivity contribution in [2.75, 3.05) is 7.11 Å². The largest absolute Gasteiger partial charge is 0.495 e. The van der Waals surface area contributed by atoms with Crippen molar-refractivity contribution in [3.8, 4) is 17.0 Å². The fourth-order valence-corrected chi connectivity index (χ4v) is 1.84. The molecule has 2 aromatic rings. The SMILES string of the molecule is COc1cncc(-c2nc[nH]c(=O)c2C(C)C)c1. The average Bonchev–Trinajstić information content (AvgIpc) is 2.38. The molecule has 2 heterocycles. The monoisotopic (exact) mass is 245 g/mol.